The number of nitrogens with zero attached hydrogens (tertiary/aromatic N) is 1. The van der Waals surface area contributed by atoms with Gasteiger partial charge in [-0.05, 0) is 24.8 Å². The van der Waals surface area contributed by atoms with Crippen molar-refractivity contribution in [3.63, 3.8) is 0 Å². The smallest absolute Gasteiger partial charge is 0.163 e. The largest absolute Gasteiger partial charge is 0.381 e. The highest BCUT2D eigenvalue weighted by Crippen LogP contribution is 2.36. The molecule has 0 spiro atoms. The van der Waals surface area contributed by atoms with Gasteiger partial charge >= 0.3 is 0 Å². The van der Waals surface area contributed by atoms with Crippen molar-refractivity contribution >= 4 is 24.8 Å². The fourth-order valence-corrected chi connectivity index (χ4v) is 3.49. The summed E-state index contributed by atoms with van der Waals surface area (Å²) in [6, 6.07) is 4.49. The molecule has 0 unspecified atom stereocenters. The third-order valence-corrected chi connectivity index (χ3v) is 4.56. The third kappa shape index (κ3) is 4.77. The molecule has 132 valence electrons. The molecule has 1 aromatic rings. The molecule has 1 N–H and O–H groups in total. The zero-order chi connectivity index (χ0) is 14.7. The molecule has 1 aromatic carbocycles. The van der Waals surface area contributed by atoms with Gasteiger partial charge in [-0.3, -0.25) is 4.90 Å². The zero-order valence-corrected chi connectivity index (χ0v) is 14.6. The van der Waals surface area contributed by atoms with E-state index in [9.17, 15) is 8.78 Å². The van der Waals surface area contributed by atoms with Gasteiger partial charge in [-0.15, -0.1) is 24.8 Å². The maximum Gasteiger partial charge on any atom is 0.163 e. The van der Waals surface area contributed by atoms with Gasteiger partial charge in [0, 0.05) is 51.0 Å². The van der Waals surface area contributed by atoms with Gasteiger partial charge in [0.25, 0.3) is 0 Å². The average molecular weight is 369 g/mol. The van der Waals surface area contributed by atoms with Crippen LogP contribution >= 0.6 is 24.8 Å². The summed E-state index contributed by atoms with van der Waals surface area (Å²) in [7, 11) is 0. The van der Waals surface area contributed by atoms with Gasteiger partial charge in [0.15, 0.2) is 11.6 Å². The first-order chi connectivity index (χ1) is 10.3. The van der Waals surface area contributed by atoms with Crippen molar-refractivity contribution in [2.45, 2.75) is 18.9 Å². The zero-order valence-electron chi connectivity index (χ0n) is 13.0. The number of piperazine rings is 1. The summed E-state index contributed by atoms with van der Waals surface area (Å²) in [6.07, 6.45) is 1.81. The van der Waals surface area contributed by atoms with Gasteiger partial charge in [0.2, 0.25) is 0 Å². The second-order valence-electron chi connectivity index (χ2n) is 5.82. The first-order valence-corrected chi connectivity index (χ1v) is 7.74. The second-order valence-corrected chi connectivity index (χ2v) is 5.82. The lowest BCUT2D eigenvalue weighted by molar-refractivity contribution is 0.0201. The minimum absolute atomic E-state index is 0. The minimum atomic E-state index is -0.750. The van der Waals surface area contributed by atoms with Gasteiger partial charge in [0.05, 0.1) is 0 Å². The molecular weight excluding hydrogens is 345 g/mol. The Morgan fingerprint density at radius 3 is 2.39 bits per heavy atom. The van der Waals surface area contributed by atoms with Crippen molar-refractivity contribution in [2.75, 3.05) is 39.4 Å². The first-order valence-electron chi connectivity index (χ1n) is 7.74. The summed E-state index contributed by atoms with van der Waals surface area (Å²) in [5.74, 6) is -1.11. The van der Waals surface area contributed by atoms with Gasteiger partial charge in [-0.25, -0.2) is 8.78 Å². The predicted molar refractivity (Wildman–Crippen MR) is 91.6 cm³/mol. The molecule has 3 rings (SSSR count). The maximum absolute atomic E-state index is 14.3. The molecule has 0 amide bonds. The Balaban J connectivity index is 0.00000132. The lowest BCUT2D eigenvalue weighted by Crippen LogP contribution is -2.47. The Morgan fingerprint density at radius 2 is 1.74 bits per heavy atom. The third-order valence-electron chi connectivity index (χ3n) is 4.56. The molecule has 2 aliphatic heterocycles. The molecule has 0 radical (unpaired) electrons. The van der Waals surface area contributed by atoms with E-state index in [1.54, 1.807) is 12.1 Å². The lowest BCUT2D eigenvalue weighted by atomic mass is 9.85. The van der Waals surface area contributed by atoms with Crippen LogP contribution in [-0.2, 0) is 4.74 Å². The standard InChI is InChI=1S/C16H22F2N2O.2ClH/c17-14-3-1-2-13(15(14)18)16(12-4-10-21-11-5-12)20-8-6-19-7-9-20;;/h1-3,12,16,19H,4-11H2;2*1H/t16-;;/m1../s1. The van der Waals surface area contributed by atoms with Gasteiger partial charge in [-0.2, -0.15) is 0 Å². The Morgan fingerprint density at radius 1 is 1.09 bits per heavy atom. The highest BCUT2D eigenvalue weighted by atomic mass is 35.5. The van der Waals surface area contributed by atoms with E-state index < -0.39 is 11.6 Å². The fraction of sp³-hybridized carbons (Fsp3) is 0.625. The molecule has 7 heteroatoms. The lowest BCUT2D eigenvalue weighted by Gasteiger charge is -2.41. The van der Waals surface area contributed by atoms with Crippen molar-refractivity contribution in [3.05, 3.63) is 35.4 Å². The van der Waals surface area contributed by atoms with Crippen molar-refractivity contribution in [1.82, 2.24) is 10.2 Å². The van der Waals surface area contributed by atoms with Crippen LogP contribution < -0.4 is 5.32 Å². The quantitative estimate of drug-likeness (QED) is 0.886. The number of hydrogen-bond donors (Lipinski definition) is 1. The Kier molecular flexibility index (Phi) is 8.72. The number of hydrogen-bond acceptors (Lipinski definition) is 3. The average Bonchev–Trinajstić information content (AvgIpc) is 2.54. The van der Waals surface area contributed by atoms with Crippen LogP contribution in [0.15, 0.2) is 18.2 Å². The first kappa shape index (κ1) is 20.6. The number of rotatable bonds is 3. The molecule has 1 atom stereocenters. The number of halogens is 4. The predicted octanol–water partition coefficient (Wildman–Crippen LogP) is 3.18. The maximum atomic E-state index is 14.3. The molecular formula is C16H24Cl2F2N2O. The summed E-state index contributed by atoms with van der Waals surface area (Å²) in [4.78, 5) is 2.30. The van der Waals surface area contributed by atoms with E-state index in [0.29, 0.717) is 24.7 Å². The highest BCUT2D eigenvalue weighted by molar-refractivity contribution is 5.85. The van der Waals surface area contributed by atoms with Crippen molar-refractivity contribution < 1.29 is 13.5 Å². The minimum Gasteiger partial charge on any atom is -0.381 e. The molecule has 0 saturated carbocycles. The van der Waals surface area contributed by atoms with E-state index in [0.717, 1.165) is 39.0 Å². The Bertz CT molecular complexity index is 463. The molecule has 2 heterocycles. The van der Waals surface area contributed by atoms with Crippen LogP contribution in [0.5, 0.6) is 0 Å². The van der Waals surface area contributed by atoms with E-state index in [-0.39, 0.29) is 30.9 Å². The van der Waals surface area contributed by atoms with Crippen molar-refractivity contribution in [3.8, 4) is 0 Å². The van der Waals surface area contributed by atoms with Gasteiger partial charge < -0.3 is 10.1 Å². The van der Waals surface area contributed by atoms with E-state index in [1.165, 1.54) is 6.07 Å². The van der Waals surface area contributed by atoms with Gasteiger partial charge in [0.1, 0.15) is 0 Å². The van der Waals surface area contributed by atoms with Crippen LogP contribution in [0, 0.1) is 17.6 Å². The molecule has 3 nitrogen and oxygen atoms in total. The molecule has 2 aliphatic rings. The van der Waals surface area contributed by atoms with Crippen LogP contribution in [-0.4, -0.2) is 44.3 Å². The molecule has 2 fully saturated rings. The molecule has 0 aromatic heterocycles. The Hall–Kier alpha value is -0.460. The fourth-order valence-electron chi connectivity index (χ4n) is 3.49. The highest BCUT2D eigenvalue weighted by Gasteiger charge is 2.33. The molecule has 2 saturated heterocycles. The van der Waals surface area contributed by atoms with Crippen LogP contribution in [0.1, 0.15) is 24.4 Å². The molecule has 0 aliphatic carbocycles. The number of ether oxygens (including phenoxy) is 1. The summed E-state index contributed by atoms with van der Waals surface area (Å²) in [5.41, 5.74) is 0.504. The van der Waals surface area contributed by atoms with E-state index >= 15 is 0 Å². The van der Waals surface area contributed by atoms with E-state index in [2.05, 4.69) is 10.2 Å². The second kappa shape index (κ2) is 9.74. The molecule has 0 bridgehead atoms. The Labute approximate surface area is 148 Å². The van der Waals surface area contributed by atoms with Crippen molar-refractivity contribution in [2.24, 2.45) is 5.92 Å². The van der Waals surface area contributed by atoms with Crippen LogP contribution in [0.2, 0.25) is 0 Å². The summed E-state index contributed by atoms with van der Waals surface area (Å²) in [6.45, 7) is 4.97. The normalized spacial score (nSPS) is 21.1. The molecule has 23 heavy (non-hydrogen) atoms. The summed E-state index contributed by atoms with van der Waals surface area (Å²) >= 11 is 0. The number of benzene rings is 1. The van der Waals surface area contributed by atoms with Gasteiger partial charge in [-0.1, -0.05) is 12.1 Å². The number of nitrogens with one attached hydrogen (secondary N) is 1. The topological polar surface area (TPSA) is 24.5 Å². The SMILES string of the molecule is Cl.Cl.Fc1cccc([C@@H](C2CCOCC2)N2CCNCC2)c1F. The van der Waals surface area contributed by atoms with Crippen LogP contribution in [0.25, 0.3) is 0 Å². The van der Waals surface area contributed by atoms with E-state index in [4.69, 9.17) is 4.74 Å². The van der Waals surface area contributed by atoms with Crippen LogP contribution in [0.4, 0.5) is 8.78 Å². The summed E-state index contributed by atoms with van der Waals surface area (Å²) in [5, 5.41) is 3.32. The summed E-state index contributed by atoms with van der Waals surface area (Å²) < 4.78 is 33.4. The van der Waals surface area contributed by atoms with E-state index in [1.807, 2.05) is 0 Å². The van der Waals surface area contributed by atoms with Crippen LogP contribution in [0.3, 0.4) is 0 Å². The van der Waals surface area contributed by atoms with Crippen molar-refractivity contribution in [1.29, 1.82) is 0 Å². The monoisotopic (exact) mass is 368 g/mol.